The zero-order valence-corrected chi connectivity index (χ0v) is 33.5. The standard InChI is InChI=1S/C21H20N2.C16H18N2.C14H14N2/c1-16-9-3-5-12-19(16)21(20-13-6-4-10-17(20)2)23-15-18-11-7-8-14-22-18;1-13(2)16(14-8-4-3-5-9-14)18-12-15-10-6-7-11-17-15;1-12(13-7-3-2-4-8-13)16-11-14-9-5-6-10-15-14/h3-15,21H,1-2H3;3-13,16H,1-2H3;2-12H,1H3. The number of rotatable bonds is 11. The van der Waals surface area contributed by atoms with E-state index in [1.807, 2.05) is 97.5 Å². The van der Waals surface area contributed by atoms with Gasteiger partial charge in [-0.3, -0.25) is 29.9 Å². The maximum absolute atomic E-state index is 4.87. The van der Waals surface area contributed by atoms with Gasteiger partial charge >= 0.3 is 0 Å². The van der Waals surface area contributed by atoms with Crippen LogP contribution in [0.15, 0.2) is 197 Å². The maximum atomic E-state index is 4.87. The zero-order chi connectivity index (χ0) is 40.1. The smallest absolute Gasteiger partial charge is 0.100 e. The molecule has 7 rings (SSSR count). The molecule has 0 aliphatic carbocycles. The van der Waals surface area contributed by atoms with Crippen molar-refractivity contribution >= 4 is 18.6 Å². The summed E-state index contributed by atoms with van der Waals surface area (Å²) in [5.74, 6) is 0.465. The van der Waals surface area contributed by atoms with Crippen molar-refractivity contribution in [1.29, 1.82) is 0 Å². The predicted octanol–water partition coefficient (Wildman–Crippen LogP) is 12.1. The van der Waals surface area contributed by atoms with E-state index in [9.17, 15) is 0 Å². The van der Waals surface area contributed by atoms with Crippen LogP contribution in [0.2, 0.25) is 0 Å². The first-order valence-electron chi connectivity index (χ1n) is 19.4. The molecule has 6 heteroatoms. The Bertz CT molecular complexity index is 2210. The highest BCUT2D eigenvalue weighted by Gasteiger charge is 2.16. The van der Waals surface area contributed by atoms with Gasteiger partial charge in [-0.25, -0.2) is 0 Å². The Morgan fingerprint density at radius 2 is 0.789 bits per heavy atom. The Morgan fingerprint density at radius 3 is 1.21 bits per heavy atom. The summed E-state index contributed by atoms with van der Waals surface area (Å²) in [5, 5.41) is 0. The fourth-order valence-corrected chi connectivity index (χ4v) is 6.08. The maximum Gasteiger partial charge on any atom is 0.100 e. The van der Waals surface area contributed by atoms with E-state index in [0.29, 0.717) is 5.92 Å². The number of aryl methyl sites for hydroxylation is 2. The number of benzene rings is 4. The van der Waals surface area contributed by atoms with Crippen molar-refractivity contribution in [3.05, 3.63) is 233 Å². The fourth-order valence-electron chi connectivity index (χ4n) is 6.08. The first kappa shape index (κ1) is 41.5. The molecule has 0 aliphatic heterocycles. The Morgan fingerprint density at radius 1 is 0.404 bits per heavy atom. The highest BCUT2D eigenvalue weighted by atomic mass is 14.8. The number of pyridine rings is 3. The second-order valence-corrected chi connectivity index (χ2v) is 13.9. The van der Waals surface area contributed by atoms with Crippen LogP contribution in [-0.4, -0.2) is 33.6 Å². The third-order valence-corrected chi connectivity index (χ3v) is 9.24. The number of hydrogen-bond donors (Lipinski definition) is 0. The van der Waals surface area contributed by atoms with Gasteiger partial charge < -0.3 is 0 Å². The minimum Gasteiger partial charge on any atom is -0.283 e. The van der Waals surface area contributed by atoms with Gasteiger partial charge in [0.15, 0.2) is 0 Å². The molecule has 286 valence electrons. The van der Waals surface area contributed by atoms with Crippen LogP contribution >= 0.6 is 0 Å². The van der Waals surface area contributed by atoms with Crippen LogP contribution in [-0.2, 0) is 0 Å². The normalized spacial score (nSPS) is 12.3. The van der Waals surface area contributed by atoms with Crippen LogP contribution in [0.25, 0.3) is 0 Å². The molecule has 6 nitrogen and oxygen atoms in total. The molecule has 0 amide bonds. The highest BCUT2D eigenvalue weighted by molar-refractivity contribution is 5.78. The lowest BCUT2D eigenvalue weighted by molar-refractivity contribution is 0.518. The first-order valence-corrected chi connectivity index (χ1v) is 19.4. The van der Waals surface area contributed by atoms with Crippen molar-refractivity contribution in [2.45, 2.75) is 52.7 Å². The lowest BCUT2D eigenvalue weighted by Crippen LogP contribution is -2.04. The Labute approximate surface area is 339 Å². The summed E-state index contributed by atoms with van der Waals surface area (Å²) < 4.78 is 0. The molecule has 3 aromatic heterocycles. The van der Waals surface area contributed by atoms with Crippen LogP contribution in [0.3, 0.4) is 0 Å². The molecule has 0 spiro atoms. The van der Waals surface area contributed by atoms with E-state index in [2.05, 4.69) is 144 Å². The Hall–Kier alpha value is -6.66. The van der Waals surface area contributed by atoms with E-state index in [-0.39, 0.29) is 18.1 Å². The largest absolute Gasteiger partial charge is 0.283 e. The molecule has 2 unspecified atom stereocenters. The number of hydrogen-bond acceptors (Lipinski definition) is 6. The molecule has 57 heavy (non-hydrogen) atoms. The van der Waals surface area contributed by atoms with Gasteiger partial charge in [0.05, 0.1) is 29.2 Å². The molecule has 0 saturated heterocycles. The third kappa shape index (κ3) is 13.5. The van der Waals surface area contributed by atoms with E-state index < -0.39 is 0 Å². The van der Waals surface area contributed by atoms with Crippen molar-refractivity contribution in [2.24, 2.45) is 20.9 Å². The summed E-state index contributed by atoms with van der Waals surface area (Å²) in [6.45, 7) is 10.7. The van der Waals surface area contributed by atoms with Gasteiger partial charge in [-0.05, 0) is 96.5 Å². The molecule has 7 aromatic rings. The van der Waals surface area contributed by atoms with E-state index in [0.717, 1.165) is 17.1 Å². The van der Waals surface area contributed by atoms with Crippen LogP contribution in [0.4, 0.5) is 0 Å². The first-order chi connectivity index (χ1) is 27.9. The minimum absolute atomic E-state index is 0.0144. The molecule has 0 N–H and O–H groups in total. The molecule has 0 radical (unpaired) electrons. The molecule has 2 atom stereocenters. The molecular formula is C51H52N6. The van der Waals surface area contributed by atoms with Gasteiger partial charge in [0.25, 0.3) is 0 Å². The average Bonchev–Trinajstić information content (AvgIpc) is 3.26. The monoisotopic (exact) mass is 748 g/mol. The van der Waals surface area contributed by atoms with Crippen molar-refractivity contribution in [3.63, 3.8) is 0 Å². The number of aliphatic imine (C=N–C) groups is 3. The van der Waals surface area contributed by atoms with Gasteiger partial charge in [0.1, 0.15) is 6.04 Å². The summed E-state index contributed by atoms with van der Waals surface area (Å²) in [7, 11) is 0. The van der Waals surface area contributed by atoms with Gasteiger partial charge in [-0.1, -0.05) is 141 Å². The minimum atomic E-state index is -0.0144. The Balaban J connectivity index is 0.000000166. The summed E-state index contributed by atoms with van der Waals surface area (Å²) >= 11 is 0. The fraction of sp³-hybridized carbons (Fsp3) is 0.176. The topological polar surface area (TPSA) is 75.8 Å². The van der Waals surface area contributed by atoms with E-state index in [1.165, 1.54) is 33.4 Å². The van der Waals surface area contributed by atoms with Crippen molar-refractivity contribution in [2.75, 3.05) is 0 Å². The van der Waals surface area contributed by atoms with Crippen LogP contribution in [0.5, 0.6) is 0 Å². The van der Waals surface area contributed by atoms with Crippen LogP contribution < -0.4 is 0 Å². The Kier molecular flexibility index (Phi) is 16.5. The third-order valence-electron chi connectivity index (χ3n) is 9.24. The summed E-state index contributed by atoms with van der Waals surface area (Å²) in [6, 6.07) is 55.4. The van der Waals surface area contributed by atoms with Gasteiger partial charge in [0, 0.05) is 37.2 Å². The molecule has 0 fully saturated rings. The quantitative estimate of drug-likeness (QED) is 0.124. The predicted molar refractivity (Wildman–Crippen MR) is 239 cm³/mol. The van der Waals surface area contributed by atoms with Crippen molar-refractivity contribution < 1.29 is 0 Å². The summed E-state index contributed by atoms with van der Waals surface area (Å²) in [6.07, 6.45) is 10.9. The van der Waals surface area contributed by atoms with Crippen molar-refractivity contribution in [3.8, 4) is 0 Å². The number of aromatic nitrogens is 3. The molecular weight excluding hydrogens is 697 g/mol. The number of nitrogens with zero attached hydrogens (tertiary/aromatic N) is 6. The molecule has 3 heterocycles. The zero-order valence-electron chi connectivity index (χ0n) is 33.5. The van der Waals surface area contributed by atoms with E-state index in [4.69, 9.17) is 4.99 Å². The lowest BCUT2D eigenvalue weighted by atomic mass is 9.93. The highest BCUT2D eigenvalue weighted by Crippen LogP contribution is 2.30. The van der Waals surface area contributed by atoms with Gasteiger partial charge in [-0.15, -0.1) is 0 Å². The molecule has 0 bridgehead atoms. The second-order valence-electron chi connectivity index (χ2n) is 13.9. The molecule has 0 aliphatic rings. The van der Waals surface area contributed by atoms with Crippen LogP contribution in [0, 0.1) is 19.8 Å². The second kappa shape index (κ2) is 22.7. The molecule has 4 aromatic carbocycles. The summed E-state index contributed by atoms with van der Waals surface area (Å²) in [5.41, 5.74) is 10.1. The van der Waals surface area contributed by atoms with Crippen molar-refractivity contribution in [1.82, 2.24) is 15.0 Å². The summed E-state index contributed by atoms with van der Waals surface area (Å²) in [4.78, 5) is 26.8. The average molecular weight is 749 g/mol. The SMILES string of the molecule is CC(C)C(N=Cc1ccccn1)c1ccccc1.CC(N=Cc1ccccn1)c1ccccc1.Cc1ccccc1C(N=Cc1ccccn1)c1ccccc1C. The van der Waals surface area contributed by atoms with E-state index >= 15 is 0 Å². The lowest BCUT2D eigenvalue weighted by Gasteiger charge is -2.18. The van der Waals surface area contributed by atoms with E-state index in [1.54, 1.807) is 18.6 Å². The van der Waals surface area contributed by atoms with Crippen LogP contribution in [0.1, 0.15) is 89.4 Å². The van der Waals surface area contributed by atoms with Gasteiger partial charge in [-0.2, -0.15) is 0 Å². The molecule has 0 saturated carbocycles. The van der Waals surface area contributed by atoms with Gasteiger partial charge in [0.2, 0.25) is 0 Å².